The predicted molar refractivity (Wildman–Crippen MR) is 77.6 cm³/mol. The molecule has 2 N–H and O–H groups in total. The Hall–Kier alpha value is -2.24. The lowest BCUT2D eigenvalue weighted by molar-refractivity contribution is -0.136. The van der Waals surface area contributed by atoms with Crippen LogP contribution in [0.1, 0.15) is 26.2 Å². The molecule has 0 saturated carbocycles. The number of carboxylic acid groups (broad SMARTS) is 1. The summed E-state index contributed by atoms with van der Waals surface area (Å²) in [6, 6.07) is 7.30. The fourth-order valence-electron chi connectivity index (χ4n) is 1.62. The van der Waals surface area contributed by atoms with E-state index in [-0.39, 0.29) is 18.9 Å². The lowest BCUT2D eigenvalue weighted by Crippen LogP contribution is -2.26. The summed E-state index contributed by atoms with van der Waals surface area (Å²) in [5.41, 5.74) is 0. The minimum atomic E-state index is -0.922. The van der Waals surface area contributed by atoms with Gasteiger partial charge in [0.05, 0.1) is 19.6 Å². The highest BCUT2D eigenvalue weighted by Crippen LogP contribution is 2.17. The van der Waals surface area contributed by atoms with Gasteiger partial charge in [0, 0.05) is 13.0 Å². The summed E-state index contributed by atoms with van der Waals surface area (Å²) in [7, 11) is 0. The zero-order valence-corrected chi connectivity index (χ0v) is 12.1. The minimum Gasteiger partial charge on any atom is -0.494 e. The van der Waals surface area contributed by atoms with Crippen molar-refractivity contribution >= 4 is 11.9 Å². The van der Waals surface area contributed by atoms with Crippen LogP contribution in [-0.4, -0.2) is 36.7 Å². The second kappa shape index (κ2) is 9.63. The molecule has 0 spiro atoms. The van der Waals surface area contributed by atoms with Gasteiger partial charge in [-0.1, -0.05) is 0 Å². The molecule has 0 aliphatic rings. The van der Waals surface area contributed by atoms with Crippen LogP contribution in [0.25, 0.3) is 0 Å². The zero-order chi connectivity index (χ0) is 15.5. The van der Waals surface area contributed by atoms with E-state index in [1.165, 1.54) is 0 Å². The standard InChI is InChI=1S/C15H21NO5/c1-2-20-12-5-7-13(8-6-12)21-11-3-4-14(17)16-10-9-15(18)19/h5-8H,2-4,9-11H2,1H3,(H,16,17)(H,18,19). The normalized spacial score (nSPS) is 9.95. The van der Waals surface area contributed by atoms with Gasteiger partial charge in [-0.25, -0.2) is 0 Å². The van der Waals surface area contributed by atoms with Crippen LogP contribution in [0.2, 0.25) is 0 Å². The van der Waals surface area contributed by atoms with E-state index in [1.54, 1.807) is 0 Å². The Balaban J connectivity index is 2.13. The monoisotopic (exact) mass is 295 g/mol. The van der Waals surface area contributed by atoms with Crippen molar-refractivity contribution in [2.75, 3.05) is 19.8 Å². The van der Waals surface area contributed by atoms with E-state index >= 15 is 0 Å². The van der Waals surface area contributed by atoms with Crippen molar-refractivity contribution in [3.8, 4) is 11.5 Å². The average molecular weight is 295 g/mol. The van der Waals surface area contributed by atoms with Crippen molar-refractivity contribution in [1.82, 2.24) is 5.32 Å². The lowest BCUT2D eigenvalue weighted by atomic mass is 10.3. The first-order valence-corrected chi connectivity index (χ1v) is 6.96. The Morgan fingerprint density at radius 2 is 1.71 bits per heavy atom. The number of nitrogens with one attached hydrogen (secondary N) is 1. The van der Waals surface area contributed by atoms with Crippen molar-refractivity contribution in [2.45, 2.75) is 26.2 Å². The van der Waals surface area contributed by atoms with Crippen LogP contribution >= 0.6 is 0 Å². The van der Waals surface area contributed by atoms with Gasteiger partial charge >= 0.3 is 5.97 Å². The van der Waals surface area contributed by atoms with Gasteiger partial charge < -0.3 is 19.9 Å². The van der Waals surface area contributed by atoms with Crippen LogP contribution in [-0.2, 0) is 9.59 Å². The predicted octanol–water partition coefficient (Wildman–Crippen LogP) is 1.84. The smallest absolute Gasteiger partial charge is 0.305 e. The SMILES string of the molecule is CCOc1ccc(OCCCC(=O)NCCC(=O)O)cc1. The maximum absolute atomic E-state index is 11.4. The molecule has 0 atom stereocenters. The van der Waals surface area contributed by atoms with E-state index in [1.807, 2.05) is 31.2 Å². The number of amides is 1. The molecule has 116 valence electrons. The first-order valence-electron chi connectivity index (χ1n) is 6.96. The Labute approximate surface area is 124 Å². The first kappa shape index (κ1) is 16.8. The molecule has 0 radical (unpaired) electrons. The fourth-order valence-corrected chi connectivity index (χ4v) is 1.62. The van der Waals surface area contributed by atoms with Crippen molar-refractivity contribution in [2.24, 2.45) is 0 Å². The molecule has 1 amide bonds. The maximum atomic E-state index is 11.4. The quantitative estimate of drug-likeness (QED) is 0.643. The molecule has 0 fully saturated rings. The Bertz CT molecular complexity index is 444. The molecular formula is C15H21NO5. The van der Waals surface area contributed by atoms with Crippen LogP contribution in [0.4, 0.5) is 0 Å². The molecule has 1 aromatic carbocycles. The van der Waals surface area contributed by atoms with Crippen molar-refractivity contribution in [1.29, 1.82) is 0 Å². The van der Waals surface area contributed by atoms with Crippen molar-refractivity contribution in [3.63, 3.8) is 0 Å². The zero-order valence-electron chi connectivity index (χ0n) is 12.1. The number of hydrogen-bond donors (Lipinski definition) is 2. The Morgan fingerprint density at radius 3 is 2.29 bits per heavy atom. The summed E-state index contributed by atoms with van der Waals surface area (Å²) in [6.07, 6.45) is 0.831. The van der Waals surface area contributed by atoms with Crippen molar-refractivity contribution in [3.05, 3.63) is 24.3 Å². The molecule has 1 rings (SSSR count). The highest BCUT2D eigenvalue weighted by atomic mass is 16.5. The second-order valence-corrected chi connectivity index (χ2v) is 4.35. The minimum absolute atomic E-state index is 0.0611. The number of hydrogen-bond acceptors (Lipinski definition) is 4. The van der Waals surface area contributed by atoms with Crippen LogP contribution in [0.15, 0.2) is 24.3 Å². The number of benzene rings is 1. The molecule has 6 nitrogen and oxygen atoms in total. The van der Waals surface area contributed by atoms with Gasteiger partial charge in [-0.2, -0.15) is 0 Å². The van der Waals surface area contributed by atoms with Crippen LogP contribution < -0.4 is 14.8 Å². The third-order valence-corrected chi connectivity index (χ3v) is 2.61. The van der Waals surface area contributed by atoms with Crippen LogP contribution in [0.3, 0.4) is 0 Å². The lowest BCUT2D eigenvalue weighted by Gasteiger charge is -2.08. The van der Waals surface area contributed by atoms with Gasteiger partial charge in [0.25, 0.3) is 0 Å². The first-order chi connectivity index (χ1) is 10.1. The second-order valence-electron chi connectivity index (χ2n) is 4.35. The third-order valence-electron chi connectivity index (χ3n) is 2.61. The molecular weight excluding hydrogens is 274 g/mol. The Morgan fingerprint density at radius 1 is 1.10 bits per heavy atom. The molecule has 0 aliphatic heterocycles. The van der Waals surface area contributed by atoms with E-state index in [0.717, 1.165) is 11.5 Å². The van der Waals surface area contributed by atoms with Gasteiger partial charge in [0.15, 0.2) is 0 Å². The van der Waals surface area contributed by atoms with Gasteiger partial charge in [0.1, 0.15) is 11.5 Å². The molecule has 0 saturated heterocycles. The third kappa shape index (κ3) is 7.81. The van der Waals surface area contributed by atoms with E-state index in [2.05, 4.69) is 5.32 Å². The molecule has 0 aliphatic carbocycles. The van der Waals surface area contributed by atoms with E-state index in [0.29, 0.717) is 26.1 Å². The summed E-state index contributed by atoms with van der Waals surface area (Å²) >= 11 is 0. The molecule has 1 aromatic rings. The number of carbonyl (C=O) groups excluding carboxylic acids is 1. The summed E-state index contributed by atoms with van der Waals surface area (Å²) < 4.78 is 10.8. The summed E-state index contributed by atoms with van der Waals surface area (Å²) in [6.45, 7) is 3.14. The fraction of sp³-hybridized carbons (Fsp3) is 0.467. The van der Waals surface area contributed by atoms with Gasteiger partial charge in [0.2, 0.25) is 5.91 Å². The van der Waals surface area contributed by atoms with Crippen LogP contribution in [0, 0.1) is 0 Å². The number of carboxylic acids is 1. The van der Waals surface area contributed by atoms with E-state index in [9.17, 15) is 9.59 Å². The van der Waals surface area contributed by atoms with Gasteiger partial charge in [-0.15, -0.1) is 0 Å². The molecule has 0 heterocycles. The number of aliphatic carboxylic acids is 1. The largest absolute Gasteiger partial charge is 0.494 e. The van der Waals surface area contributed by atoms with Gasteiger partial charge in [-0.3, -0.25) is 9.59 Å². The van der Waals surface area contributed by atoms with E-state index < -0.39 is 5.97 Å². The molecule has 0 unspecified atom stereocenters. The number of rotatable bonds is 10. The van der Waals surface area contributed by atoms with Crippen LogP contribution in [0.5, 0.6) is 11.5 Å². The topological polar surface area (TPSA) is 84.9 Å². The van der Waals surface area contributed by atoms with Gasteiger partial charge in [-0.05, 0) is 37.6 Å². The molecule has 21 heavy (non-hydrogen) atoms. The molecule has 0 bridgehead atoms. The summed E-state index contributed by atoms with van der Waals surface area (Å²) in [5, 5.41) is 11.0. The average Bonchev–Trinajstić information content (AvgIpc) is 2.45. The highest BCUT2D eigenvalue weighted by Gasteiger charge is 2.03. The molecule has 6 heteroatoms. The number of ether oxygens (including phenoxy) is 2. The number of carbonyl (C=O) groups is 2. The maximum Gasteiger partial charge on any atom is 0.305 e. The summed E-state index contributed by atoms with van der Waals surface area (Å²) in [4.78, 5) is 21.7. The van der Waals surface area contributed by atoms with Crippen molar-refractivity contribution < 1.29 is 24.2 Å². The van der Waals surface area contributed by atoms with E-state index in [4.69, 9.17) is 14.6 Å². The summed E-state index contributed by atoms with van der Waals surface area (Å²) in [5.74, 6) is 0.438. The Kier molecular flexibility index (Phi) is 7.71. The highest BCUT2D eigenvalue weighted by molar-refractivity contribution is 5.76. The molecule has 0 aromatic heterocycles.